The molecule has 1 saturated carbocycles. The van der Waals surface area contributed by atoms with Gasteiger partial charge in [-0.05, 0) is 31.2 Å². The molecule has 3 fully saturated rings. The molecule has 6 nitrogen and oxygen atoms in total. The molecule has 6 heteroatoms. The van der Waals surface area contributed by atoms with Crippen molar-refractivity contribution in [2.45, 2.75) is 50.9 Å². The number of nitrogens with one attached hydrogen (secondary N) is 1. The van der Waals surface area contributed by atoms with Crippen molar-refractivity contribution >= 4 is 17.5 Å². The summed E-state index contributed by atoms with van der Waals surface area (Å²) in [6.45, 7) is 5.51. The molecular formula is C23H33N3O3. The van der Waals surface area contributed by atoms with Crippen LogP contribution in [0.1, 0.15) is 56.4 Å². The van der Waals surface area contributed by atoms with Crippen LogP contribution < -0.4 is 15.0 Å². The van der Waals surface area contributed by atoms with Crippen molar-refractivity contribution in [2.75, 3.05) is 44.7 Å². The Hall–Kier alpha value is -2.08. The largest absolute Gasteiger partial charge is 0.496 e. The molecule has 1 aromatic carbocycles. The second kappa shape index (κ2) is 9.16. The van der Waals surface area contributed by atoms with Gasteiger partial charge in [0.1, 0.15) is 5.75 Å². The SMILES string of the molecule is COc1cc(N2CCN(CC3CCCCC3)CC2)ccc1C1CCC(=O)NC1=O. The number of methoxy groups -OCH3 is 1. The highest BCUT2D eigenvalue weighted by atomic mass is 16.5. The number of piperidine rings is 1. The summed E-state index contributed by atoms with van der Waals surface area (Å²) in [6, 6.07) is 6.15. The van der Waals surface area contributed by atoms with Crippen LogP contribution in [0.4, 0.5) is 5.69 Å². The number of piperazine rings is 1. The van der Waals surface area contributed by atoms with E-state index in [2.05, 4.69) is 27.2 Å². The molecule has 2 amide bonds. The van der Waals surface area contributed by atoms with Crippen LogP contribution in [0, 0.1) is 5.92 Å². The number of carbonyl (C=O) groups excluding carboxylic acids is 2. The molecule has 4 rings (SSSR count). The van der Waals surface area contributed by atoms with Crippen molar-refractivity contribution in [1.29, 1.82) is 0 Å². The molecule has 3 aliphatic rings. The number of carbonyl (C=O) groups is 2. The van der Waals surface area contributed by atoms with E-state index in [0.29, 0.717) is 12.8 Å². The Morgan fingerprint density at radius 3 is 2.48 bits per heavy atom. The summed E-state index contributed by atoms with van der Waals surface area (Å²) in [7, 11) is 1.65. The molecule has 0 aromatic heterocycles. The van der Waals surface area contributed by atoms with Crippen molar-refractivity contribution in [1.82, 2.24) is 10.2 Å². The Kier molecular flexibility index (Phi) is 6.38. The predicted molar refractivity (Wildman–Crippen MR) is 113 cm³/mol. The summed E-state index contributed by atoms with van der Waals surface area (Å²) >= 11 is 0. The monoisotopic (exact) mass is 399 g/mol. The lowest BCUT2D eigenvalue weighted by Gasteiger charge is -2.38. The van der Waals surface area contributed by atoms with Gasteiger partial charge in [0.2, 0.25) is 11.8 Å². The van der Waals surface area contributed by atoms with Crippen LogP contribution >= 0.6 is 0 Å². The third kappa shape index (κ3) is 4.74. The molecule has 1 aromatic rings. The Morgan fingerprint density at radius 1 is 1.03 bits per heavy atom. The number of imide groups is 1. The predicted octanol–water partition coefficient (Wildman–Crippen LogP) is 2.92. The maximum Gasteiger partial charge on any atom is 0.234 e. The standard InChI is InChI=1S/C23H33N3O3/c1-29-21-15-18(7-8-19(21)20-9-10-22(27)24-23(20)28)26-13-11-25(12-14-26)16-17-5-3-2-4-6-17/h7-8,15,17,20H,2-6,9-14,16H2,1H3,(H,24,27,28). The molecule has 1 aliphatic carbocycles. The molecule has 1 unspecified atom stereocenters. The van der Waals surface area contributed by atoms with E-state index in [1.807, 2.05) is 6.07 Å². The van der Waals surface area contributed by atoms with Crippen LogP contribution in [0.15, 0.2) is 18.2 Å². The second-order valence-electron chi connectivity index (χ2n) is 8.72. The van der Waals surface area contributed by atoms with Crippen molar-refractivity contribution in [3.63, 3.8) is 0 Å². The molecule has 2 saturated heterocycles. The van der Waals surface area contributed by atoms with E-state index in [9.17, 15) is 9.59 Å². The molecule has 1 N–H and O–H groups in total. The summed E-state index contributed by atoms with van der Waals surface area (Å²) in [5.41, 5.74) is 2.02. The van der Waals surface area contributed by atoms with E-state index in [0.717, 1.165) is 49.1 Å². The van der Waals surface area contributed by atoms with Gasteiger partial charge >= 0.3 is 0 Å². The van der Waals surface area contributed by atoms with Gasteiger partial charge in [0.05, 0.1) is 13.0 Å². The van der Waals surface area contributed by atoms with Crippen LogP contribution in [0.2, 0.25) is 0 Å². The summed E-state index contributed by atoms with van der Waals surface area (Å²) in [4.78, 5) is 28.7. The maximum absolute atomic E-state index is 12.3. The quantitative estimate of drug-likeness (QED) is 0.772. The fourth-order valence-electron chi connectivity index (χ4n) is 5.10. The van der Waals surface area contributed by atoms with Gasteiger partial charge in [-0.1, -0.05) is 25.3 Å². The molecular weight excluding hydrogens is 366 g/mol. The van der Waals surface area contributed by atoms with Crippen molar-refractivity contribution in [2.24, 2.45) is 5.92 Å². The van der Waals surface area contributed by atoms with Crippen molar-refractivity contribution < 1.29 is 14.3 Å². The summed E-state index contributed by atoms with van der Waals surface area (Å²) < 4.78 is 5.62. The summed E-state index contributed by atoms with van der Waals surface area (Å²) in [5.74, 6) is 0.908. The molecule has 158 valence electrons. The van der Waals surface area contributed by atoms with Crippen LogP contribution in [0.5, 0.6) is 5.75 Å². The van der Waals surface area contributed by atoms with E-state index in [1.54, 1.807) is 7.11 Å². The normalized spacial score (nSPS) is 24.4. The van der Waals surface area contributed by atoms with Gasteiger partial charge in [-0.3, -0.25) is 19.8 Å². The van der Waals surface area contributed by atoms with Crippen molar-refractivity contribution in [3.05, 3.63) is 23.8 Å². The number of amides is 2. The molecule has 0 radical (unpaired) electrons. The van der Waals surface area contributed by atoms with Crippen LogP contribution in [-0.2, 0) is 9.59 Å². The van der Waals surface area contributed by atoms with Gasteiger partial charge in [0.15, 0.2) is 0 Å². The molecule has 1 atom stereocenters. The first-order valence-corrected chi connectivity index (χ1v) is 11.1. The molecule has 2 heterocycles. The highest BCUT2D eigenvalue weighted by Gasteiger charge is 2.30. The number of rotatable bonds is 5. The van der Waals surface area contributed by atoms with Crippen molar-refractivity contribution in [3.8, 4) is 5.75 Å². The lowest BCUT2D eigenvalue weighted by Crippen LogP contribution is -2.48. The number of ether oxygens (including phenoxy) is 1. The fourth-order valence-corrected chi connectivity index (χ4v) is 5.10. The Bertz CT molecular complexity index is 737. The Morgan fingerprint density at radius 2 is 1.79 bits per heavy atom. The zero-order valence-electron chi connectivity index (χ0n) is 17.5. The zero-order chi connectivity index (χ0) is 20.2. The van der Waals surface area contributed by atoms with Crippen LogP contribution in [0.25, 0.3) is 0 Å². The van der Waals surface area contributed by atoms with Gasteiger partial charge in [0, 0.05) is 56.5 Å². The molecule has 2 aliphatic heterocycles. The first-order chi connectivity index (χ1) is 14.1. The van der Waals surface area contributed by atoms with Gasteiger partial charge in [-0.25, -0.2) is 0 Å². The van der Waals surface area contributed by atoms with Gasteiger partial charge in [0.25, 0.3) is 0 Å². The minimum Gasteiger partial charge on any atom is -0.496 e. The minimum absolute atomic E-state index is 0.187. The van der Waals surface area contributed by atoms with E-state index >= 15 is 0 Å². The van der Waals surface area contributed by atoms with E-state index < -0.39 is 0 Å². The first kappa shape index (κ1) is 20.2. The molecule has 0 bridgehead atoms. The lowest BCUT2D eigenvalue weighted by molar-refractivity contribution is -0.134. The fraction of sp³-hybridized carbons (Fsp3) is 0.652. The number of hydrogen-bond acceptors (Lipinski definition) is 5. The first-order valence-electron chi connectivity index (χ1n) is 11.1. The average Bonchev–Trinajstić information content (AvgIpc) is 2.75. The third-order valence-electron chi connectivity index (χ3n) is 6.81. The number of benzene rings is 1. The van der Waals surface area contributed by atoms with E-state index in [1.165, 1.54) is 38.6 Å². The highest BCUT2D eigenvalue weighted by Crippen LogP contribution is 2.35. The smallest absolute Gasteiger partial charge is 0.234 e. The summed E-state index contributed by atoms with van der Waals surface area (Å²) in [6.07, 6.45) is 7.96. The number of nitrogens with zero attached hydrogens (tertiary/aromatic N) is 2. The lowest BCUT2D eigenvalue weighted by atomic mass is 9.89. The highest BCUT2D eigenvalue weighted by molar-refractivity contribution is 6.01. The van der Waals surface area contributed by atoms with E-state index in [4.69, 9.17) is 4.74 Å². The molecule has 0 spiro atoms. The van der Waals surface area contributed by atoms with Gasteiger partial charge in [-0.15, -0.1) is 0 Å². The molecule has 29 heavy (non-hydrogen) atoms. The van der Waals surface area contributed by atoms with E-state index in [-0.39, 0.29) is 17.7 Å². The zero-order valence-corrected chi connectivity index (χ0v) is 17.5. The maximum atomic E-state index is 12.3. The number of anilines is 1. The number of hydrogen-bond donors (Lipinski definition) is 1. The third-order valence-corrected chi connectivity index (χ3v) is 6.81. The topological polar surface area (TPSA) is 61.9 Å². The minimum atomic E-state index is -0.316. The van der Waals surface area contributed by atoms with Crippen LogP contribution in [-0.4, -0.2) is 56.5 Å². The second-order valence-corrected chi connectivity index (χ2v) is 8.72. The van der Waals surface area contributed by atoms with Gasteiger partial charge in [-0.2, -0.15) is 0 Å². The van der Waals surface area contributed by atoms with Crippen LogP contribution in [0.3, 0.4) is 0 Å². The average molecular weight is 400 g/mol. The summed E-state index contributed by atoms with van der Waals surface area (Å²) in [5, 5.41) is 2.45. The Labute approximate surface area is 173 Å². The van der Waals surface area contributed by atoms with Gasteiger partial charge < -0.3 is 9.64 Å². The Balaban J connectivity index is 1.38.